The monoisotopic (exact) mass is 541 g/mol. The zero-order chi connectivity index (χ0) is 24.8. The standard InChI is InChI=1S/C23H29BrFN3O4S/c1-5-16(2)26-23(30)17(3)27(14-18-9-8-10-19(24)13-18)22(29)15-28(33(4,31)32)21-12-7-6-11-20(21)25/h6-13,16-17H,5,14-15H2,1-4H3,(H,26,30)/t16-,17-/m1/s1. The summed E-state index contributed by atoms with van der Waals surface area (Å²) in [5, 5.41) is 2.85. The molecule has 7 nitrogen and oxygen atoms in total. The van der Waals surface area contributed by atoms with Crippen molar-refractivity contribution < 1.29 is 22.4 Å². The predicted molar refractivity (Wildman–Crippen MR) is 131 cm³/mol. The maximum absolute atomic E-state index is 14.4. The summed E-state index contributed by atoms with van der Waals surface area (Å²) < 4.78 is 40.8. The number of benzene rings is 2. The fourth-order valence-corrected chi connectivity index (χ4v) is 4.43. The molecule has 2 aromatic carbocycles. The third kappa shape index (κ3) is 7.53. The van der Waals surface area contributed by atoms with Crippen LogP contribution in [-0.2, 0) is 26.2 Å². The van der Waals surface area contributed by atoms with E-state index in [1.54, 1.807) is 19.1 Å². The second kappa shape index (κ2) is 11.6. The van der Waals surface area contributed by atoms with Crippen LogP contribution < -0.4 is 9.62 Å². The Morgan fingerprint density at radius 2 is 1.79 bits per heavy atom. The SMILES string of the molecule is CC[C@@H](C)NC(=O)[C@@H](C)N(Cc1cccc(Br)c1)C(=O)CN(c1ccccc1F)S(C)(=O)=O. The molecule has 0 saturated carbocycles. The summed E-state index contributed by atoms with van der Waals surface area (Å²) in [6.45, 7) is 4.80. The molecule has 0 aliphatic rings. The average molecular weight is 542 g/mol. The number of nitrogens with zero attached hydrogens (tertiary/aromatic N) is 2. The molecule has 0 aliphatic heterocycles. The Bertz CT molecular complexity index is 1100. The van der Waals surface area contributed by atoms with Gasteiger partial charge in [0, 0.05) is 17.1 Å². The minimum atomic E-state index is -3.98. The lowest BCUT2D eigenvalue weighted by molar-refractivity contribution is -0.139. The number of hydrogen-bond acceptors (Lipinski definition) is 4. The number of halogens is 2. The second-order valence-electron chi connectivity index (χ2n) is 7.87. The van der Waals surface area contributed by atoms with Crippen molar-refractivity contribution in [3.05, 3.63) is 64.4 Å². The third-order valence-electron chi connectivity index (χ3n) is 5.21. The second-order valence-corrected chi connectivity index (χ2v) is 10.7. The molecule has 0 aromatic heterocycles. The molecule has 10 heteroatoms. The van der Waals surface area contributed by atoms with E-state index in [2.05, 4.69) is 21.2 Å². The number of hydrogen-bond donors (Lipinski definition) is 1. The number of carbonyl (C=O) groups is 2. The molecule has 0 spiro atoms. The molecule has 2 aromatic rings. The van der Waals surface area contributed by atoms with Crippen molar-refractivity contribution in [2.75, 3.05) is 17.1 Å². The lowest BCUT2D eigenvalue weighted by Crippen LogP contribution is -2.52. The Labute approximate surface area is 203 Å². The van der Waals surface area contributed by atoms with E-state index in [0.717, 1.165) is 26.7 Å². The van der Waals surface area contributed by atoms with Gasteiger partial charge in [0.25, 0.3) is 0 Å². The first kappa shape index (κ1) is 26.8. The van der Waals surface area contributed by atoms with Gasteiger partial charge in [-0.3, -0.25) is 13.9 Å². The first-order valence-corrected chi connectivity index (χ1v) is 13.1. The van der Waals surface area contributed by atoms with Gasteiger partial charge < -0.3 is 10.2 Å². The molecule has 0 saturated heterocycles. The van der Waals surface area contributed by atoms with Gasteiger partial charge in [-0.2, -0.15) is 0 Å². The molecule has 180 valence electrons. The summed E-state index contributed by atoms with van der Waals surface area (Å²) in [7, 11) is -3.98. The van der Waals surface area contributed by atoms with E-state index in [1.807, 2.05) is 26.0 Å². The summed E-state index contributed by atoms with van der Waals surface area (Å²) >= 11 is 3.39. The van der Waals surface area contributed by atoms with Crippen molar-refractivity contribution >= 4 is 43.5 Å². The van der Waals surface area contributed by atoms with Crippen LogP contribution in [0.25, 0.3) is 0 Å². The number of amides is 2. The minimum absolute atomic E-state index is 0.0717. The summed E-state index contributed by atoms with van der Waals surface area (Å²) in [6, 6.07) is 11.6. The molecule has 2 amide bonds. The topological polar surface area (TPSA) is 86.8 Å². The van der Waals surface area contributed by atoms with Crippen molar-refractivity contribution in [2.45, 2.75) is 45.8 Å². The van der Waals surface area contributed by atoms with Crippen molar-refractivity contribution in [2.24, 2.45) is 0 Å². The largest absolute Gasteiger partial charge is 0.352 e. The van der Waals surface area contributed by atoms with Crippen LogP contribution in [-0.4, -0.2) is 50.0 Å². The van der Waals surface area contributed by atoms with Gasteiger partial charge in [0.1, 0.15) is 18.4 Å². The predicted octanol–water partition coefficient (Wildman–Crippen LogP) is 3.69. The zero-order valence-corrected chi connectivity index (χ0v) is 21.5. The summed E-state index contributed by atoms with van der Waals surface area (Å²) in [5.74, 6) is -1.75. The molecule has 0 fully saturated rings. The molecule has 0 unspecified atom stereocenters. The van der Waals surface area contributed by atoms with Crippen LogP contribution in [0, 0.1) is 5.82 Å². The molecular formula is C23H29BrFN3O4S. The highest BCUT2D eigenvalue weighted by Crippen LogP contribution is 2.22. The maximum Gasteiger partial charge on any atom is 0.244 e. The van der Waals surface area contributed by atoms with Crippen LogP contribution in [0.4, 0.5) is 10.1 Å². The van der Waals surface area contributed by atoms with Crippen LogP contribution in [0.15, 0.2) is 53.0 Å². The molecule has 0 heterocycles. The van der Waals surface area contributed by atoms with Crippen LogP contribution in [0.3, 0.4) is 0 Å². The van der Waals surface area contributed by atoms with E-state index >= 15 is 0 Å². The van der Waals surface area contributed by atoms with Crippen molar-refractivity contribution in [3.8, 4) is 0 Å². The molecule has 1 N–H and O–H groups in total. The molecular weight excluding hydrogens is 513 g/mol. The number of anilines is 1. The maximum atomic E-state index is 14.4. The van der Waals surface area contributed by atoms with Gasteiger partial charge in [0.15, 0.2) is 0 Å². The number of sulfonamides is 1. The fraction of sp³-hybridized carbons (Fsp3) is 0.391. The van der Waals surface area contributed by atoms with E-state index in [9.17, 15) is 22.4 Å². The highest BCUT2D eigenvalue weighted by atomic mass is 79.9. The van der Waals surface area contributed by atoms with E-state index < -0.39 is 34.3 Å². The van der Waals surface area contributed by atoms with Gasteiger partial charge in [0.05, 0.1) is 11.9 Å². The third-order valence-corrected chi connectivity index (χ3v) is 6.83. The Balaban J connectivity index is 2.40. The van der Waals surface area contributed by atoms with Gasteiger partial charge >= 0.3 is 0 Å². The number of carbonyl (C=O) groups excluding carboxylic acids is 2. The van der Waals surface area contributed by atoms with Crippen LogP contribution in [0.2, 0.25) is 0 Å². The van der Waals surface area contributed by atoms with E-state index in [1.165, 1.54) is 23.1 Å². The zero-order valence-electron chi connectivity index (χ0n) is 19.1. The summed E-state index contributed by atoms with van der Waals surface area (Å²) in [5.41, 5.74) is 0.519. The van der Waals surface area contributed by atoms with E-state index in [0.29, 0.717) is 6.42 Å². The fourth-order valence-electron chi connectivity index (χ4n) is 3.13. The van der Waals surface area contributed by atoms with Crippen molar-refractivity contribution in [3.63, 3.8) is 0 Å². The first-order chi connectivity index (χ1) is 15.4. The quantitative estimate of drug-likeness (QED) is 0.497. The van der Waals surface area contributed by atoms with Crippen molar-refractivity contribution in [1.29, 1.82) is 0 Å². The van der Waals surface area contributed by atoms with E-state index in [4.69, 9.17) is 0 Å². The molecule has 2 rings (SSSR count). The number of rotatable bonds is 10. The molecule has 0 radical (unpaired) electrons. The summed E-state index contributed by atoms with van der Waals surface area (Å²) in [4.78, 5) is 27.5. The van der Waals surface area contributed by atoms with Gasteiger partial charge in [-0.1, -0.05) is 47.1 Å². The normalized spacial score (nSPS) is 13.2. The van der Waals surface area contributed by atoms with Crippen molar-refractivity contribution in [1.82, 2.24) is 10.2 Å². The van der Waals surface area contributed by atoms with Gasteiger partial charge in [-0.05, 0) is 50.1 Å². The van der Waals surface area contributed by atoms with Crippen LogP contribution >= 0.6 is 15.9 Å². The minimum Gasteiger partial charge on any atom is -0.352 e. The van der Waals surface area contributed by atoms with Crippen LogP contribution in [0.1, 0.15) is 32.8 Å². The van der Waals surface area contributed by atoms with Gasteiger partial charge in [-0.15, -0.1) is 0 Å². The lowest BCUT2D eigenvalue weighted by Gasteiger charge is -2.32. The number of nitrogens with one attached hydrogen (secondary N) is 1. The molecule has 2 atom stereocenters. The average Bonchev–Trinajstić information content (AvgIpc) is 2.75. The molecule has 33 heavy (non-hydrogen) atoms. The Morgan fingerprint density at radius 3 is 2.36 bits per heavy atom. The van der Waals surface area contributed by atoms with E-state index in [-0.39, 0.29) is 24.2 Å². The summed E-state index contributed by atoms with van der Waals surface area (Å²) in [6.07, 6.45) is 1.62. The Kier molecular flexibility index (Phi) is 9.42. The smallest absolute Gasteiger partial charge is 0.244 e. The van der Waals surface area contributed by atoms with Crippen LogP contribution in [0.5, 0.6) is 0 Å². The highest BCUT2D eigenvalue weighted by molar-refractivity contribution is 9.10. The van der Waals surface area contributed by atoms with Gasteiger partial charge in [-0.25, -0.2) is 12.8 Å². The highest BCUT2D eigenvalue weighted by Gasteiger charge is 2.31. The Hall–Kier alpha value is -2.46. The van der Waals surface area contributed by atoms with Gasteiger partial charge in [0.2, 0.25) is 21.8 Å². The first-order valence-electron chi connectivity index (χ1n) is 10.5. The Morgan fingerprint density at radius 1 is 1.12 bits per heavy atom. The number of para-hydroxylation sites is 1. The molecule has 0 bridgehead atoms. The molecule has 0 aliphatic carbocycles. The lowest BCUT2D eigenvalue weighted by atomic mass is 10.1.